The molecule has 5 nitrogen and oxygen atoms in total. The van der Waals surface area contributed by atoms with Gasteiger partial charge < -0.3 is 16.0 Å². The lowest BCUT2D eigenvalue weighted by atomic mass is 9.91. The van der Waals surface area contributed by atoms with Crippen LogP contribution in [0.3, 0.4) is 0 Å². The SMILES string of the molecule is NC(=O)Cn1c2c(ccc1=O)C(N)CCC2. The first-order chi connectivity index (χ1) is 7.59. The van der Waals surface area contributed by atoms with Crippen LogP contribution in [0.1, 0.15) is 30.1 Å². The molecule has 0 spiro atoms. The number of hydrogen-bond donors (Lipinski definition) is 2. The maximum Gasteiger partial charge on any atom is 0.251 e. The molecule has 1 atom stereocenters. The third-order valence-electron chi connectivity index (χ3n) is 2.97. The minimum absolute atomic E-state index is 0.0384. The quantitative estimate of drug-likeness (QED) is 0.716. The molecule has 1 heterocycles. The molecule has 0 bridgehead atoms. The fourth-order valence-corrected chi connectivity index (χ4v) is 2.23. The fourth-order valence-electron chi connectivity index (χ4n) is 2.23. The predicted octanol–water partition coefficient (Wildman–Crippen LogP) is -0.330. The van der Waals surface area contributed by atoms with Gasteiger partial charge in [-0.15, -0.1) is 0 Å². The molecule has 1 unspecified atom stereocenters. The second kappa shape index (κ2) is 4.09. The first-order valence-electron chi connectivity index (χ1n) is 5.36. The Hall–Kier alpha value is -1.62. The van der Waals surface area contributed by atoms with Crippen molar-refractivity contribution in [2.75, 3.05) is 0 Å². The van der Waals surface area contributed by atoms with Gasteiger partial charge >= 0.3 is 0 Å². The maximum atomic E-state index is 11.6. The molecule has 4 N–H and O–H groups in total. The minimum Gasteiger partial charge on any atom is -0.368 e. The Morgan fingerprint density at radius 2 is 2.25 bits per heavy atom. The summed E-state index contributed by atoms with van der Waals surface area (Å²) in [4.78, 5) is 22.6. The van der Waals surface area contributed by atoms with Crippen LogP contribution in [0.4, 0.5) is 0 Å². The van der Waals surface area contributed by atoms with Crippen molar-refractivity contribution in [2.24, 2.45) is 11.5 Å². The number of amides is 1. The Morgan fingerprint density at radius 3 is 2.94 bits per heavy atom. The lowest BCUT2D eigenvalue weighted by molar-refractivity contribution is -0.118. The lowest BCUT2D eigenvalue weighted by Crippen LogP contribution is -2.33. The van der Waals surface area contributed by atoms with E-state index in [-0.39, 0.29) is 18.1 Å². The summed E-state index contributed by atoms with van der Waals surface area (Å²) >= 11 is 0. The number of primary amides is 1. The molecule has 0 aliphatic heterocycles. The average molecular weight is 221 g/mol. The van der Waals surface area contributed by atoms with Crippen LogP contribution in [0, 0.1) is 0 Å². The second-order valence-corrected chi connectivity index (χ2v) is 4.12. The van der Waals surface area contributed by atoms with E-state index in [1.165, 1.54) is 10.6 Å². The van der Waals surface area contributed by atoms with Crippen molar-refractivity contribution in [2.45, 2.75) is 31.8 Å². The molecule has 86 valence electrons. The number of rotatable bonds is 2. The molecule has 1 aromatic rings. The molecule has 5 heteroatoms. The molecule has 0 aromatic carbocycles. The smallest absolute Gasteiger partial charge is 0.251 e. The first-order valence-corrected chi connectivity index (χ1v) is 5.36. The lowest BCUT2D eigenvalue weighted by Gasteiger charge is -2.24. The van der Waals surface area contributed by atoms with Gasteiger partial charge in [0.2, 0.25) is 5.91 Å². The summed E-state index contributed by atoms with van der Waals surface area (Å²) in [6, 6.07) is 3.18. The van der Waals surface area contributed by atoms with Crippen molar-refractivity contribution in [3.05, 3.63) is 33.7 Å². The van der Waals surface area contributed by atoms with Gasteiger partial charge in [-0.3, -0.25) is 9.59 Å². The van der Waals surface area contributed by atoms with E-state index in [9.17, 15) is 9.59 Å². The van der Waals surface area contributed by atoms with Gasteiger partial charge in [-0.25, -0.2) is 0 Å². The predicted molar refractivity (Wildman–Crippen MR) is 59.8 cm³/mol. The first kappa shape index (κ1) is 10.9. The number of nitrogens with two attached hydrogens (primary N) is 2. The summed E-state index contributed by atoms with van der Waals surface area (Å²) in [5, 5.41) is 0. The van der Waals surface area contributed by atoms with Gasteiger partial charge in [0, 0.05) is 17.8 Å². The summed E-state index contributed by atoms with van der Waals surface area (Å²) in [6.07, 6.45) is 2.64. The normalized spacial score (nSPS) is 19.2. The van der Waals surface area contributed by atoms with Crippen molar-refractivity contribution in [1.29, 1.82) is 0 Å². The number of carbonyl (C=O) groups is 1. The van der Waals surface area contributed by atoms with Crippen LogP contribution in [-0.4, -0.2) is 10.5 Å². The summed E-state index contributed by atoms with van der Waals surface area (Å²) < 4.78 is 1.44. The van der Waals surface area contributed by atoms with Crippen molar-refractivity contribution < 1.29 is 4.79 Å². The van der Waals surface area contributed by atoms with Gasteiger partial charge in [-0.2, -0.15) is 0 Å². The van der Waals surface area contributed by atoms with Crippen LogP contribution in [0.15, 0.2) is 16.9 Å². The zero-order valence-corrected chi connectivity index (χ0v) is 8.98. The summed E-state index contributed by atoms with van der Waals surface area (Å²) in [5.41, 5.74) is 12.7. The Labute approximate surface area is 93.0 Å². The Kier molecular flexibility index (Phi) is 2.78. The third-order valence-corrected chi connectivity index (χ3v) is 2.97. The van der Waals surface area contributed by atoms with Crippen molar-refractivity contribution in [3.8, 4) is 0 Å². The zero-order chi connectivity index (χ0) is 11.7. The number of carbonyl (C=O) groups excluding carboxylic acids is 1. The maximum absolute atomic E-state index is 11.6. The summed E-state index contributed by atoms with van der Waals surface area (Å²) in [5.74, 6) is -0.505. The number of nitrogens with zero attached hydrogens (tertiary/aromatic N) is 1. The third kappa shape index (κ3) is 1.86. The molecule has 0 saturated carbocycles. The highest BCUT2D eigenvalue weighted by Gasteiger charge is 2.20. The zero-order valence-electron chi connectivity index (χ0n) is 8.98. The molecule has 1 aromatic heterocycles. The van der Waals surface area contributed by atoms with E-state index in [2.05, 4.69) is 0 Å². The van der Waals surface area contributed by atoms with E-state index in [4.69, 9.17) is 11.5 Å². The topological polar surface area (TPSA) is 91.1 Å². The van der Waals surface area contributed by atoms with Crippen LogP contribution in [0.2, 0.25) is 0 Å². The van der Waals surface area contributed by atoms with Gasteiger partial charge in [0.1, 0.15) is 6.54 Å². The molecule has 1 amide bonds. The van der Waals surface area contributed by atoms with Gasteiger partial charge in [-0.05, 0) is 24.8 Å². The standard InChI is InChI=1S/C11H15N3O2/c12-8-2-1-3-9-7(8)4-5-11(16)14(9)6-10(13)15/h4-5,8H,1-3,6,12H2,(H2,13,15). The Bertz CT molecular complexity index is 479. The van der Waals surface area contributed by atoms with E-state index in [1.807, 2.05) is 0 Å². The van der Waals surface area contributed by atoms with Gasteiger partial charge in [0.25, 0.3) is 5.56 Å². The van der Waals surface area contributed by atoms with E-state index >= 15 is 0 Å². The van der Waals surface area contributed by atoms with Crippen LogP contribution >= 0.6 is 0 Å². The monoisotopic (exact) mass is 221 g/mol. The average Bonchev–Trinajstić information content (AvgIpc) is 2.22. The Balaban J connectivity index is 2.54. The van der Waals surface area contributed by atoms with E-state index in [0.717, 1.165) is 30.5 Å². The Morgan fingerprint density at radius 1 is 1.50 bits per heavy atom. The molecular formula is C11H15N3O2. The number of pyridine rings is 1. The number of aromatic nitrogens is 1. The van der Waals surface area contributed by atoms with Crippen molar-refractivity contribution >= 4 is 5.91 Å². The van der Waals surface area contributed by atoms with Gasteiger partial charge in [0.15, 0.2) is 0 Å². The summed E-state index contributed by atoms with van der Waals surface area (Å²) in [7, 11) is 0. The molecule has 1 aliphatic rings. The molecule has 0 saturated heterocycles. The molecular weight excluding hydrogens is 206 g/mol. The summed E-state index contributed by atoms with van der Waals surface area (Å²) in [6.45, 7) is -0.0608. The van der Waals surface area contributed by atoms with Crippen LogP contribution < -0.4 is 17.0 Å². The number of hydrogen-bond acceptors (Lipinski definition) is 3. The largest absolute Gasteiger partial charge is 0.368 e. The van der Waals surface area contributed by atoms with Crippen LogP contribution in [0.25, 0.3) is 0 Å². The van der Waals surface area contributed by atoms with E-state index in [0.29, 0.717) is 0 Å². The highest BCUT2D eigenvalue weighted by molar-refractivity contribution is 5.73. The molecule has 2 rings (SSSR count). The number of fused-ring (bicyclic) bond motifs is 1. The highest BCUT2D eigenvalue weighted by atomic mass is 16.2. The van der Waals surface area contributed by atoms with E-state index < -0.39 is 5.91 Å². The molecule has 0 fully saturated rings. The molecule has 16 heavy (non-hydrogen) atoms. The highest BCUT2D eigenvalue weighted by Crippen LogP contribution is 2.26. The van der Waals surface area contributed by atoms with Crippen LogP contribution in [-0.2, 0) is 17.8 Å². The molecule has 1 aliphatic carbocycles. The second-order valence-electron chi connectivity index (χ2n) is 4.12. The fraction of sp³-hybridized carbons (Fsp3) is 0.455. The van der Waals surface area contributed by atoms with Crippen molar-refractivity contribution in [3.63, 3.8) is 0 Å². The molecule has 0 radical (unpaired) electrons. The van der Waals surface area contributed by atoms with Gasteiger partial charge in [0.05, 0.1) is 0 Å². The van der Waals surface area contributed by atoms with Crippen LogP contribution in [0.5, 0.6) is 0 Å². The van der Waals surface area contributed by atoms with Gasteiger partial charge in [-0.1, -0.05) is 6.07 Å². The van der Waals surface area contributed by atoms with E-state index in [1.54, 1.807) is 6.07 Å². The van der Waals surface area contributed by atoms with Crippen molar-refractivity contribution in [1.82, 2.24) is 4.57 Å². The minimum atomic E-state index is -0.505.